The summed E-state index contributed by atoms with van der Waals surface area (Å²) in [6.07, 6.45) is -2.45. The van der Waals surface area contributed by atoms with Crippen molar-refractivity contribution >= 4 is 39.1 Å². The van der Waals surface area contributed by atoms with Gasteiger partial charge in [-0.05, 0) is 44.0 Å². The third-order valence-electron chi connectivity index (χ3n) is 5.65. The van der Waals surface area contributed by atoms with Crippen LogP contribution >= 0.6 is 11.6 Å². The molecule has 0 saturated carbocycles. The molecular formula is C25H31ClF3N3O4S. The Labute approximate surface area is 220 Å². The van der Waals surface area contributed by atoms with E-state index in [9.17, 15) is 31.2 Å². The Morgan fingerprint density at radius 1 is 1.14 bits per heavy atom. The Bertz CT molecular complexity index is 1220. The maximum Gasteiger partial charge on any atom is 0.417 e. The molecule has 0 aliphatic heterocycles. The first-order chi connectivity index (χ1) is 17.1. The Hall–Kier alpha value is -2.79. The quantitative estimate of drug-likeness (QED) is 0.401. The summed E-state index contributed by atoms with van der Waals surface area (Å²) in [7, 11) is -4.19. The predicted molar refractivity (Wildman–Crippen MR) is 138 cm³/mol. The van der Waals surface area contributed by atoms with Gasteiger partial charge in [-0.2, -0.15) is 13.2 Å². The van der Waals surface area contributed by atoms with E-state index in [4.69, 9.17) is 11.6 Å². The summed E-state index contributed by atoms with van der Waals surface area (Å²) in [6, 6.07) is 8.87. The summed E-state index contributed by atoms with van der Waals surface area (Å²) in [5.74, 6) is -1.18. The van der Waals surface area contributed by atoms with Crippen molar-refractivity contribution in [2.45, 2.75) is 52.4 Å². The Balaban J connectivity index is 2.44. The number of amides is 2. The van der Waals surface area contributed by atoms with Gasteiger partial charge in [0.15, 0.2) is 0 Å². The molecule has 0 aliphatic carbocycles. The number of alkyl halides is 3. The van der Waals surface area contributed by atoms with E-state index in [1.165, 1.54) is 11.8 Å². The van der Waals surface area contributed by atoms with Crippen LogP contribution in [0.5, 0.6) is 0 Å². The van der Waals surface area contributed by atoms with Gasteiger partial charge in [-0.15, -0.1) is 0 Å². The fraction of sp³-hybridized carbons (Fsp3) is 0.440. The van der Waals surface area contributed by atoms with Crippen molar-refractivity contribution in [3.05, 3.63) is 64.2 Å². The summed E-state index contributed by atoms with van der Waals surface area (Å²) in [4.78, 5) is 27.5. The van der Waals surface area contributed by atoms with E-state index in [-0.39, 0.29) is 12.2 Å². The van der Waals surface area contributed by atoms with Crippen molar-refractivity contribution in [3.63, 3.8) is 0 Å². The monoisotopic (exact) mass is 561 g/mol. The molecule has 0 radical (unpaired) electrons. The van der Waals surface area contributed by atoms with Gasteiger partial charge in [0.25, 0.3) is 0 Å². The van der Waals surface area contributed by atoms with Gasteiger partial charge in [0, 0.05) is 13.1 Å². The third kappa shape index (κ3) is 8.63. The SMILES string of the molecule is CCCCNC(=O)C(C)N(Cc1cccc(C)c1)C(=O)CN(c1ccc(Cl)c(C(F)(F)F)c1)S(C)(=O)=O. The Kier molecular flexibility index (Phi) is 10.4. The molecule has 0 fully saturated rings. The number of hydrogen-bond acceptors (Lipinski definition) is 4. The lowest BCUT2D eigenvalue weighted by Gasteiger charge is -2.31. The molecular weight excluding hydrogens is 531 g/mol. The van der Waals surface area contributed by atoms with Crippen molar-refractivity contribution in [3.8, 4) is 0 Å². The van der Waals surface area contributed by atoms with Gasteiger partial charge in [-0.3, -0.25) is 13.9 Å². The second-order valence-corrected chi connectivity index (χ2v) is 11.1. The van der Waals surface area contributed by atoms with Gasteiger partial charge in [0.05, 0.1) is 22.5 Å². The van der Waals surface area contributed by atoms with E-state index in [1.807, 2.05) is 26.0 Å². The van der Waals surface area contributed by atoms with E-state index in [0.717, 1.165) is 36.8 Å². The van der Waals surface area contributed by atoms with Crippen LogP contribution in [0.2, 0.25) is 5.02 Å². The van der Waals surface area contributed by atoms with Crippen LogP contribution < -0.4 is 9.62 Å². The highest BCUT2D eigenvalue weighted by Crippen LogP contribution is 2.37. The fourth-order valence-electron chi connectivity index (χ4n) is 3.63. The van der Waals surface area contributed by atoms with Crippen LogP contribution in [0.4, 0.5) is 18.9 Å². The van der Waals surface area contributed by atoms with Gasteiger partial charge in [0.2, 0.25) is 21.8 Å². The number of nitrogens with zero attached hydrogens (tertiary/aromatic N) is 2. The number of rotatable bonds is 11. The van der Waals surface area contributed by atoms with Crippen molar-refractivity contribution in [2.75, 3.05) is 23.7 Å². The molecule has 0 aliphatic rings. The van der Waals surface area contributed by atoms with E-state index in [2.05, 4.69) is 5.32 Å². The molecule has 37 heavy (non-hydrogen) atoms. The van der Waals surface area contributed by atoms with Crippen LogP contribution in [-0.4, -0.2) is 50.5 Å². The second kappa shape index (κ2) is 12.6. The van der Waals surface area contributed by atoms with E-state index in [0.29, 0.717) is 22.5 Å². The number of carbonyl (C=O) groups is 2. The minimum Gasteiger partial charge on any atom is -0.354 e. The topological polar surface area (TPSA) is 86.8 Å². The van der Waals surface area contributed by atoms with Crippen LogP contribution in [0, 0.1) is 6.92 Å². The van der Waals surface area contributed by atoms with Gasteiger partial charge in [-0.1, -0.05) is 54.8 Å². The molecule has 1 atom stereocenters. The number of unbranched alkanes of at least 4 members (excludes halogenated alkanes) is 1. The normalized spacial score (nSPS) is 12.6. The first-order valence-electron chi connectivity index (χ1n) is 11.6. The van der Waals surface area contributed by atoms with Gasteiger partial charge in [-0.25, -0.2) is 8.42 Å². The molecule has 7 nitrogen and oxygen atoms in total. The molecule has 0 spiro atoms. The first kappa shape index (κ1) is 30.4. The smallest absolute Gasteiger partial charge is 0.354 e. The number of benzene rings is 2. The maximum atomic E-state index is 13.5. The number of carbonyl (C=O) groups excluding carboxylic acids is 2. The van der Waals surface area contributed by atoms with E-state index >= 15 is 0 Å². The average molecular weight is 562 g/mol. The molecule has 12 heteroatoms. The number of hydrogen-bond donors (Lipinski definition) is 1. The number of aryl methyl sites for hydroxylation is 1. The van der Waals surface area contributed by atoms with Crippen LogP contribution in [0.1, 0.15) is 43.4 Å². The molecule has 1 unspecified atom stereocenters. The highest BCUT2D eigenvalue weighted by molar-refractivity contribution is 7.92. The molecule has 0 saturated heterocycles. The van der Waals surface area contributed by atoms with Crippen LogP contribution in [0.25, 0.3) is 0 Å². The number of halogens is 4. The highest BCUT2D eigenvalue weighted by atomic mass is 35.5. The average Bonchev–Trinajstić information content (AvgIpc) is 2.79. The molecule has 1 N–H and O–H groups in total. The van der Waals surface area contributed by atoms with E-state index in [1.54, 1.807) is 12.1 Å². The number of anilines is 1. The molecule has 2 amide bonds. The maximum absolute atomic E-state index is 13.5. The molecule has 2 aromatic carbocycles. The standard InChI is InChI=1S/C25H31ClF3N3O4S/c1-5-6-12-30-24(34)18(3)31(15-19-9-7-8-17(2)13-19)23(33)16-32(37(4,35)36)20-10-11-22(26)21(14-20)25(27,28)29/h7-11,13-14,18H,5-6,12,15-16H2,1-4H3,(H,30,34). The largest absolute Gasteiger partial charge is 0.417 e. The zero-order valence-corrected chi connectivity index (χ0v) is 22.7. The minimum atomic E-state index is -4.83. The van der Waals surface area contributed by atoms with Gasteiger partial charge < -0.3 is 10.2 Å². The summed E-state index contributed by atoms with van der Waals surface area (Å²) >= 11 is 5.68. The highest BCUT2D eigenvalue weighted by Gasteiger charge is 2.35. The lowest BCUT2D eigenvalue weighted by Crippen LogP contribution is -2.51. The number of nitrogens with one attached hydrogen (secondary N) is 1. The molecule has 2 aromatic rings. The minimum absolute atomic E-state index is 0.00506. The van der Waals surface area contributed by atoms with Gasteiger partial charge in [0.1, 0.15) is 12.6 Å². The predicted octanol–water partition coefficient (Wildman–Crippen LogP) is 4.77. The molecule has 204 valence electrons. The Morgan fingerprint density at radius 2 is 1.81 bits per heavy atom. The zero-order chi connectivity index (χ0) is 28.0. The zero-order valence-electron chi connectivity index (χ0n) is 21.1. The third-order valence-corrected chi connectivity index (χ3v) is 7.12. The molecule has 0 heterocycles. The van der Waals surface area contributed by atoms with Crippen molar-refractivity contribution in [1.29, 1.82) is 0 Å². The van der Waals surface area contributed by atoms with Crippen LogP contribution in [0.3, 0.4) is 0 Å². The summed E-state index contributed by atoms with van der Waals surface area (Å²) in [5, 5.41) is 2.15. The molecule has 0 bridgehead atoms. The lowest BCUT2D eigenvalue weighted by atomic mass is 10.1. The molecule has 2 rings (SSSR count). The fourth-order valence-corrected chi connectivity index (χ4v) is 4.69. The molecule has 0 aromatic heterocycles. The lowest BCUT2D eigenvalue weighted by molar-refractivity contribution is -0.139. The van der Waals surface area contributed by atoms with Crippen LogP contribution in [-0.2, 0) is 32.3 Å². The van der Waals surface area contributed by atoms with Crippen molar-refractivity contribution in [2.24, 2.45) is 0 Å². The summed E-state index contributed by atoms with van der Waals surface area (Å²) in [6.45, 7) is 4.94. The Morgan fingerprint density at radius 3 is 2.38 bits per heavy atom. The van der Waals surface area contributed by atoms with Crippen molar-refractivity contribution in [1.82, 2.24) is 10.2 Å². The summed E-state index contributed by atoms with van der Waals surface area (Å²) in [5.41, 5.74) is 0.0260. The number of sulfonamides is 1. The first-order valence-corrected chi connectivity index (χ1v) is 13.8. The summed E-state index contributed by atoms with van der Waals surface area (Å²) < 4.78 is 65.9. The second-order valence-electron chi connectivity index (χ2n) is 8.76. The van der Waals surface area contributed by atoms with Crippen molar-refractivity contribution < 1.29 is 31.2 Å². The van der Waals surface area contributed by atoms with Gasteiger partial charge >= 0.3 is 6.18 Å². The van der Waals surface area contributed by atoms with Crippen LogP contribution in [0.15, 0.2) is 42.5 Å². The van der Waals surface area contributed by atoms with E-state index < -0.39 is 51.2 Å².